The molecule has 3 heterocycles. The first kappa shape index (κ1) is 25.4. The molecule has 2 aromatic rings. The average molecular weight is 568 g/mol. The molecule has 36 heavy (non-hydrogen) atoms. The number of halogens is 3. The van der Waals surface area contributed by atoms with Gasteiger partial charge in [0.25, 0.3) is 0 Å². The number of fused-ring (bicyclic) bond motifs is 1. The van der Waals surface area contributed by atoms with Gasteiger partial charge in [-0.05, 0) is 0 Å². The number of likely N-dealkylation sites (N-methyl/N-ethyl adjacent to an activating group) is 1. The summed E-state index contributed by atoms with van der Waals surface area (Å²) in [6, 6.07) is 7.61. The number of hydrogen-bond acceptors (Lipinski definition) is 3. The first-order valence-electron chi connectivity index (χ1n) is 11.9. The van der Waals surface area contributed by atoms with Crippen LogP contribution in [0.1, 0.15) is 35.5 Å². The molecule has 189 valence electrons. The van der Waals surface area contributed by atoms with E-state index in [4.69, 9.17) is 43.6 Å². The maximum atomic E-state index is 15.4. The van der Waals surface area contributed by atoms with Crippen LogP contribution in [0.5, 0.6) is 0 Å². The van der Waals surface area contributed by atoms with E-state index >= 15 is 4.39 Å². The number of benzene rings is 1. The monoisotopic (exact) mass is 567 g/mol. The molecule has 1 aromatic carbocycles. The molecule has 0 N–H and O–H groups in total. The first-order chi connectivity index (χ1) is 17.3. The van der Waals surface area contributed by atoms with Crippen molar-refractivity contribution in [1.82, 2.24) is 19.6 Å². The van der Waals surface area contributed by atoms with Crippen molar-refractivity contribution in [2.75, 3.05) is 20.1 Å². The van der Waals surface area contributed by atoms with Gasteiger partial charge in [-0.3, -0.25) is 0 Å². The summed E-state index contributed by atoms with van der Waals surface area (Å²) < 4.78 is 18.2. The minimum absolute atomic E-state index is 0.0174. The predicted molar refractivity (Wildman–Crippen MR) is 143 cm³/mol. The second-order valence-corrected chi connectivity index (χ2v) is 10.8. The SMILES string of the molecule is C=C[C](=[Co])N1CCn2nc(C3=CC(C)C(Cl)C=C3F)c(C3=CCN(C)C=C3)c2C1c1ccc(Cl)cc1. The molecular formula is C28H27Cl2CoFN4. The van der Waals surface area contributed by atoms with Crippen molar-refractivity contribution in [3.8, 4) is 0 Å². The Morgan fingerprint density at radius 3 is 2.64 bits per heavy atom. The van der Waals surface area contributed by atoms with Gasteiger partial charge >= 0.3 is 230 Å². The molecule has 5 rings (SSSR count). The Hall–Kier alpha value is -2.22. The molecule has 8 heteroatoms. The third kappa shape index (κ3) is 4.61. The van der Waals surface area contributed by atoms with Gasteiger partial charge in [-0.2, -0.15) is 0 Å². The molecule has 1 aromatic heterocycles. The van der Waals surface area contributed by atoms with Crippen molar-refractivity contribution in [1.29, 1.82) is 0 Å². The average Bonchev–Trinajstić information content (AvgIpc) is 3.25. The zero-order valence-corrected chi connectivity index (χ0v) is 22.6. The van der Waals surface area contributed by atoms with E-state index in [1.807, 2.05) is 55.2 Å². The van der Waals surface area contributed by atoms with Gasteiger partial charge in [-0.15, -0.1) is 0 Å². The van der Waals surface area contributed by atoms with Crippen LogP contribution in [0.25, 0.3) is 11.1 Å². The van der Waals surface area contributed by atoms with E-state index in [9.17, 15) is 0 Å². The first-order valence-corrected chi connectivity index (χ1v) is 13.2. The van der Waals surface area contributed by atoms with Crippen LogP contribution < -0.4 is 0 Å². The molecule has 3 atom stereocenters. The van der Waals surface area contributed by atoms with Gasteiger partial charge in [0, 0.05) is 0 Å². The zero-order valence-electron chi connectivity index (χ0n) is 20.1. The van der Waals surface area contributed by atoms with Crippen LogP contribution in [-0.2, 0) is 21.8 Å². The summed E-state index contributed by atoms with van der Waals surface area (Å²) in [5.74, 6) is -0.356. The van der Waals surface area contributed by atoms with Crippen molar-refractivity contribution < 1.29 is 19.7 Å². The summed E-state index contributed by atoms with van der Waals surface area (Å²) in [4.78, 5) is 4.30. The Morgan fingerprint density at radius 1 is 1.22 bits per heavy atom. The number of allylic oxidation sites excluding steroid dienone is 6. The van der Waals surface area contributed by atoms with Gasteiger partial charge in [0.15, 0.2) is 0 Å². The summed E-state index contributed by atoms with van der Waals surface area (Å²) >= 11 is 17.4. The molecule has 0 saturated carbocycles. The van der Waals surface area contributed by atoms with Gasteiger partial charge in [0.05, 0.1) is 0 Å². The Morgan fingerprint density at radius 2 is 1.97 bits per heavy atom. The summed E-state index contributed by atoms with van der Waals surface area (Å²) in [6.45, 7) is 8.01. The van der Waals surface area contributed by atoms with Crippen molar-refractivity contribution in [2.24, 2.45) is 5.92 Å². The Bertz CT molecular complexity index is 1340. The predicted octanol–water partition coefficient (Wildman–Crippen LogP) is 6.14. The summed E-state index contributed by atoms with van der Waals surface area (Å²) in [5, 5.41) is 5.29. The molecule has 0 fully saturated rings. The van der Waals surface area contributed by atoms with E-state index in [-0.39, 0.29) is 23.2 Å². The van der Waals surface area contributed by atoms with E-state index < -0.39 is 0 Å². The molecule has 2 aliphatic heterocycles. The van der Waals surface area contributed by atoms with Gasteiger partial charge in [0.1, 0.15) is 0 Å². The Labute approximate surface area is 229 Å². The van der Waals surface area contributed by atoms with Crippen molar-refractivity contribution in [3.05, 3.63) is 101 Å². The van der Waals surface area contributed by atoms with Crippen LogP contribution in [0, 0.1) is 5.92 Å². The summed E-state index contributed by atoms with van der Waals surface area (Å²) in [5.41, 5.74) is 5.08. The Balaban J connectivity index is 1.77. The maximum absolute atomic E-state index is 15.4. The second-order valence-electron chi connectivity index (χ2n) is 9.30. The molecule has 0 radical (unpaired) electrons. The van der Waals surface area contributed by atoms with Crippen LogP contribution in [0.3, 0.4) is 0 Å². The van der Waals surface area contributed by atoms with Crippen LogP contribution in [0.4, 0.5) is 4.39 Å². The van der Waals surface area contributed by atoms with E-state index in [0.717, 1.165) is 33.5 Å². The van der Waals surface area contributed by atoms with Crippen LogP contribution in [-0.4, -0.2) is 49.7 Å². The van der Waals surface area contributed by atoms with Gasteiger partial charge in [-0.1, -0.05) is 0 Å². The number of hydrogen-bond donors (Lipinski definition) is 0. The van der Waals surface area contributed by atoms with Crippen LogP contribution in [0.15, 0.2) is 73.3 Å². The van der Waals surface area contributed by atoms with E-state index in [1.165, 1.54) is 6.08 Å². The number of alkyl halides is 1. The van der Waals surface area contributed by atoms with E-state index in [2.05, 4.69) is 28.5 Å². The minimum atomic E-state index is -0.386. The van der Waals surface area contributed by atoms with Crippen molar-refractivity contribution in [3.63, 3.8) is 0 Å². The molecule has 0 bridgehead atoms. The molecule has 0 amide bonds. The normalized spacial score (nSPS) is 24.1. The molecule has 3 unspecified atom stereocenters. The standard InChI is InChI=1S/C28H27Cl2FN4.Co/c1-4-11-34-14-15-35-28(27(34)20-5-7-21(29)8-6-20)25(19-9-12-33(3)13-10-19)26(32-35)22-16-18(2)23(30)17-24(22)31;/h4-10,12,16-18,23,27H,1,13-15H2,2-3H3;. The third-order valence-electron chi connectivity index (χ3n) is 6.87. The van der Waals surface area contributed by atoms with Crippen LogP contribution >= 0.6 is 23.2 Å². The summed E-state index contributed by atoms with van der Waals surface area (Å²) in [7, 11) is 2.02. The van der Waals surface area contributed by atoms with Gasteiger partial charge < -0.3 is 0 Å². The third-order valence-corrected chi connectivity index (χ3v) is 8.15. The molecule has 3 aliphatic rings. The fourth-order valence-corrected chi connectivity index (χ4v) is 5.53. The van der Waals surface area contributed by atoms with E-state index in [0.29, 0.717) is 29.4 Å². The van der Waals surface area contributed by atoms with Crippen molar-refractivity contribution in [2.45, 2.75) is 24.9 Å². The fourth-order valence-electron chi connectivity index (χ4n) is 4.97. The van der Waals surface area contributed by atoms with Gasteiger partial charge in [-0.25, -0.2) is 0 Å². The number of aromatic nitrogens is 2. The zero-order chi connectivity index (χ0) is 25.6. The Kier molecular flexibility index (Phi) is 7.25. The van der Waals surface area contributed by atoms with Crippen LogP contribution in [0.2, 0.25) is 5.02 Å². The summed E-state index contributed by atoms with van der Waals surface area (Å²) in [6.07, 6.45) is 11.4. The molecule has 1 aliphatic carbocycles. The second kappa shape index (κ2) is 10.3. The quantitative estimate of drug-likeness (QED) is 0.405. The van der Waals surface area contributed by atoms with Gasteiger partial charge in [0.2, 0.25) is 0 Å². The topological polar surface area (TPSA) is 24.3 Å². The molecule has 0 saturated heterocycles. The fraction of sp³-hybridized carbons (Fsp3) is 0.286. The number of nitrogens with zero attached hydrogens (tertiary/aromatic N) is 4. The van der Waals surface area contributed by atoms with E-state index in [1.54, 1.807) is 6.08 Å². The molecule has 0 spiro atoms. The number of rotatable bonds is 5. The molecule has 4 nitrogen and oxygen atoms in total. The molecular weight excluding hydrogens is 541 g/mol. The van der Waals surface area contributed by atoms with Crippen molar-refractivity contribution >= 4 is 38.9 Å².